The summed E-state index contributed by atoms with van der Waals surface area (Å²) in [5, 5.41) is 3.41. The van der Waals surface area contributed by atoms with Crippen LogP contribution in [0.25, 0.3) is 0 Å². The Balaban J connectivity index is 1.54. The number of sulfone groups is 1. The molecule has 0 saturated carbocycles. The number of likely N-dealkylation sites (tertiary alicyclic amines) is 1. The first kappa shape index (κ1) is 13.3. The summed E-state index contributed by atoms with van der Waals surface area (Å²) in [6.07, 6.45) is 4.89. The molecule has 0 amide bonds. The fourth-order valence-corrected chi connectivity index (χ4v) is 4.62. The van der Waals surface area contributed by atoms with Crippen LogP contribution in [0.4, 0.5) is 0 Å². The minimum absolute atomic E-state index is 0.348. The molecule has 17 heavy (non-hydrogen) atoms. The highest BCUT2D eigenvalue weighted by molar-refractivity contribution is 7.91. The molecule has 2 aliphatic rings. The van der Waals surface area contributed by atoms with E-state index >= 15 is 0 Å². The molecule has 1 atom stereocenters. The molecule has 0 aromatic rings. The molecule has 0 aromatic carbocycles. The molecular weight excluding hydrogens is 236 g/mol. The minimum Gasteiger partial charge on any atom is -0.315 e. The normalized spacial score (nSPS) is 29.5. The van der Waals surface area contributed by atoms with Crippen LogP contribution in [0.1, 0.15) is 25.7 Å². The topological polar surface area (TPSA) is 49.4 Å². The average molecular weight is 260 g/mol. The highest BCUT2D eigenvalue weighted by atomic mass is 32.2. The van der Waals surface area contributed by atoms with Crippen molar-refractivity contribution in [2.24, 2.45) is 5.92 Å². The fourth-order valence-electron chi connectivity index (χ4n) is 2.76. The summed E-state index contributed by atoms with van der Waals surface area (Å²) in [6, 6.07) is 0. The van der Waals surface area contributed by atoms with Gasteiger partial charge in [0.25, 0.3) is 0 Å². The second kappa shape index (κ2) is 6.16. The molecule has 0 spiro atoms. The molecule has 0 aromatic heterocycles. The summed E-state index contributed by atoms with van der Waals surface area (Å²) < 4.78 is 22.6. The average Bonchev–Trinajstić information content (AvgIpc) is 2.66. The van der Waals surface area contributed by atoms with E-state index in [1.165, 1.54) is 32.4 Å². The van der Waals surface area contributed by atoms with E-state index in [2.05, 4.69) is 10.2 Å². The predicted octanol–water partition coefficient (Wildman–Crippen LogP) is 0.497. The van der Waals surface area contributed by atoms with E-state index in [1.807, 2.05) is 0 Å². The molecule has 5 heteroatoms. The molecule has 0 radical (unpaired) electrons. The lowest BCUT2D eigenvalue weighted by Crippen LogP contribution is -2.37. The summed E-state index contributed by atoms with van der Waals surface area (Å²) in [5.74, 6) is 1.14. The highest BCUT2D eigenvalue weighted by Gasteiger charge is 2.27. The van der Waals surface area contributed by atoms with Crippen molar-refractivity contribution in [3.8, 4) is 0 Å². The van der Waals surface area contributed by atoms with Crippen molar-refractivity contribution in [2.75, 3.05) is 44.2 Å². The summed E-state index contributed by atoms with van der Waals surface area (Å²) in [5.41, 5.74) is 0. The zero-order chi connectivity index (χ0) is 12.1. The van der Waals surface area contributed by atoms with Crippen molar-refractivity contribution in [3.05, 3.63) is 0 Å². The smallest absolute Gasteiger partial charge is 0.150 e. The van der Waals surface area contributed by atoms with Gasteiger partial charge < -0.3 is 10.2 Å². The Labute approximate surface area is 105 Å². The minimum atomic E-state index is -2.70. The van der Waals surface area contributed by atoms with Crippen LogP contribution in [0.2, 0.25) is 0 Å². The Morgan fingerprint density at radius 1 is 1.18 bits per heavy atom. The Kier molecular flexibility index (Phi) is 4.82. The number of nitrogens with zero attached hydrogens (tertiary/aromatic N) is 1. The third-order valence-corrected chi connectivity index (χ3v) is 5.65. The summed E-state index contributed by atoms with van der Waals surface area (Å²) in [6.45, 7) is 5.45. The van der Waals surface area contributed by atoms with Crippen LogP contribution in [0.3, 0.4) is 0 Å². The van der Waals surface area contributed by atoms with Crippen molar-refractivity contribution in [1.29, 1.82) is 0 Å². The number of hydrogen-bond donors (Lipinski definition) is 1. The van der Waals surface area contributed by atoms with Gasteiger partial charge in [0.2, 0.25) is 0 Å². The first-order valence-corrected chi connectivity index (χ1v) is 8.61. The Bertz CT molecular complexity index is 323. The van der Waals surface area contributed by atoms with Gasteiger partial charge >= 0.3 is 0 Å². The quantitative estimate of drug-likeness (QED) is 0.731. The summed E-state index contributed by atoms with van der Waals surface area (Å²) in [7, 11) is -2.70. The molecule has 2 heterocycles. The standard InChI is InChI=1S/C12H24N2O2S/c15-17(16)9-4-12(11-17)10-13-5-8-14-6-2-1-3-7-14/h12-13H,1-11H2. The van der Waals surface area contributed by atoms with Crippen LogP contribution < -0.4 is 5.32 Å². The maximum absolute atomic E-state index is 11.3. The molecule has 2 fully saturated rings. The van der Waals surface area contributed by atoms with Crippen molar-refractivity contribution >= 4 is 9.84 Å². The molecule has 0 bridgehead atoms. The van der Waals surface area contributed by atoms with Crippen molar-refractivity contribution in [2.45, 2.75) is 25.7 Å². The molecule has 2 aliphatic heterocycles. The first-order valence-electron chi connectivity index (χ1n) is 6.79. The third kappa shape index (κ3) is 4.56. The van der Waals surface area contributed by atoms with E-state index in [0.717, 1.165) is 26.1 Å². The van der Waals surface area contributed by atoms with Gasteiger partial charge in [-0.3, -0.25) is 0 Å². The lowest BCUT2D eigenvalue weighted by atomic mass is 10.1. The molecule has 1 N–H and O–H groups in total. The van der Waals surface area contributed by atoms with Crippen LogP contribution in [-0.2, 0) is 9.84 Å². The second-order valence-corrected chi connectivity index (χ2v) is 7.60. The van der Waals surface area contributed by atoms with Crippen LogP contribution in [0, 0.1) is 5.92 Å². The van der Waals surface area contributed by atoms with E-state index in [4.69, 9.17) is 0 Å². The summed E-state index contributed by atoms with van der Waals surface area (Å²) >= 11 is 0. The van der Waals surface area contributed by atoms with Gasteiger partial charge in [0, 0.05) is 13.1 Å². The van der Waals surface area contributed by atoms with Gasteiger partial charge in [-0.25, -0.2) is 8.42 Å². The number of piperidine rings is 1. The molecule has 1 unspecified atom stereocenters. The van der Waals surface area contributed by atoms with E-state index in [-0.39, 0.29) is 0 Å². The zero-order valence-corrected chi connectivity index (χ0v) is 11.3. The largest absolute Gasteiger partial charge is 0.315 e. The van der Waals surface area contributed by atoms with Crippen molar-refractivity contribution in [1.82, 2.24) is 10.2 Å². The van der Waals surface area contributed by atoms with Gasteiger partial charge in [-0.1, -0.05) is 6.42 Å². The van der Waals surface area contributed by atoms with Gasteiger partial charge in [0.05, 0.1) is 11.5 Å². The van der Waals surface area contributed by atoms with E-state index in [9.17, 15) is 8.42 Å². The monoisotopic (exact) mass is 260 g/mol. The van der Waals surface area contributed by atoms with E-state index in [0.29, 0.717) is 17.4 Å². The maximum Gasteiger partial charge on any atom is 0.150 e. The lowest BCUT2D eigenvalue weighted by Gasteiger charge is -2.26. The number of rotatable bonds is 5. The van der Waals surface area contributed by atoms with Crippen LogP contribution >= 0.6 is 0 Å². The van der Waals surface area contributed by atoms with Gasteiger partial charge in [-0.05, 0) is 44.8 Å². The lowest BCUT2D eigenvalue weighted by molar-refractivity contribution is 0.228. The van der Waals surface area contributed by atoms with Gasteiger partial charge in [0.15, 0.2) is 9.84 Å². The maximum atomic E-state index is 11.3. The van der Waals surface area contributed by atoms with Crippen molar-refractivity contribution < 1.29 is 8.42 Å². The number of nitrogens with one attached hydrogen (secondary N) is 1. The third-order valence-electron chi connectivity index (χ3n) is 3.81. The molecule has 2 saturated heterocycles. The Morgan fingerprint density at radius 3 is 2.59 bits per heavy atom. The predicted molar refractivity (Wildman–Crippen MR) is 69.9 cm³/mol. The van der Waals surface area contributed by atoms with E-state index in [1.54, 1.807) is 0 Å². The fraction of sp³-hybridized carbons (Fsp3) is 1.00. The number of hydrogen-bond acceptors (Lipinski definition) is 4. The van der Waals surface area contributed by atoms with Crippen LogP contribution in [-0.4, -0.2) is 57.5 Å². The summed E-state index contributed by atoms with van der Waals surface area (Å²) in [4.78, 5) is 2.50. The second-order valence-electron chi connectivity index (χ2n) is 5.38. The van der Waals surface area contributed by atoms with Gasteiger partial charge in [-0.2, -0.15) is 0 Å². The molecule has 4 nitrogen and oxygen atoms in total. The molecule has 100 valence electrons. The zero-order valence-electron chi connectivity index (χ0n) is 10.5. The molecular formula is C12H24N2O2S. The molecule has 2 rings (SSSR count). The first-order chi connectivity index (χ1) is 8.16. The molecule has 0 aliphatic carbocycles. The highest BCUT2D eigenvalue weighted by Crippen LogP contribution is 2.17. The van der Waals surface area contributed by atoms with Crippen LogP contribution in [0.5, 0.6) is 0 Å². The van der Waals surface area contributed by atoms with Gasteiger partial charge in [0.1, 0.15) is 0 Å². The SMILES string of the molecule is O=S1(=O)CCC(CNCCN2CCCCC2)C1. The van der Waals surface area contributed by atoms with Gasteiger partial charge in [-0.15, -0.1) is 0 Å². The Morgan fingerprint density at radius 2 is 1.94 bits per heavy atom. The Hall–Kier alpha value is -0.130. The van der Waals surface area contributed by atoms with Crippen LogP contribution in [0.15, 0.2) is 0 Å². The van der Waals surface area contributed by atoms with Crippen molar-refractivity contribution in [3.63, 3.8) is 0 Å². The van der Waals surface area contributed by atoms with E-state index < -0.39 is 9.84 Å².